The first kappa shape index (κ1) is 15.6. The first-order valence-electron chi connectivity index (χ1n) is 7.40. The van der Waals surface area contributed by atoms with E-state index in [1.54, 1.807) is 14.0 Å². The molecule has 2 aromatic rings. The molecule has 2 atom stereocenters. The molecule has 0 spiro atoms. The van der Waals surface area contributed by atoms with Gasteiger partial charge in [0.1, 0.15) is 24.1 Å². The highest BCUT2D eigenvalue weighted by molar-refractivity contribution is 5.87. The number of carbonyl (C=O) groups is 1. The third kappa shape index (κ3) is 2.82. The van der Waals surface area contributed by atoms with Gasteiger partial charge in [0.2, 0.25) is 5.88 Å². The van der Waals surface area contributed by atoms with Gasteiger partial charge in [-0.25, -0.2) is 4.98 Å². The van der Waals surface area contributed by atoms with Crippen LogP contribution in [0.4, 0.5) is 0 Å². The Morgan fingerprint density at radius 2 is 2.22 bits per heavy atom. The normalized spacial score (nSPS) is 18.9. The lowest BCUT2D eigenvalue weighted by atomic mass is 9.95. The van der Waals surface area contributed by atoms with E-state index in [0.717, 1.165) is 16.5 Å². The van der Waals surface area contributed by atoms with Crippen molar-refractivity contribution in [3.63, 3.8) is 0 Å². The molecule has 0 saturated carbocycles. The Morgan fingerprint density at radius 3 is 2.91 bits per heavy atom. The van der Waals surface area contributed by atoms with Crippen LogP contribution in [0.2, 0.25) is 0 Å². The summed E-state index contributed by atoms with van der Waals surface area (Å²) in [5.74, 6) is 0.715. The summed E-state index contributed by atoms with van der Waals surface area (Å²) in [6, 6.07) is 7.63. The average molecular weight is 317 g/mol. The summed E-state index contributed by atoms with van der Waals surface area (Å²) in [5.41, 5.74) is 0.270. The number of aromatic nitrogens is 1. The van der Waals surface area contributed by atoms with Crippen LogP contribution in [0.3, 0.4) is 0 Å². The quantitative estimate of drug-likeness (QED) is 0.867. The molecule has 0 radical (unpaired) electrons. The molecule has 0 unspecified atom stereocenters. The van der Waals surface area contributed by atoms with E-state index in [2.05, 4.69) is 4.98 Å². The second-order valence-electron chi connectivity index (χ2n) is 5.89. The van der Waals surface area contributed by atoms with E-state index >= 15 is 0 Å². The van der Waals surface area contributed by atoms with E-state index in [-0.39, 0.29) is 6.61 Å². The second-order valence-corrected chi connectivity index (χ2v) is 5.89. The van der Waals surface area contributed by atoms with Crippen molar-refractivity contribution in [2.24, 2.45) is 0 Å². The number of hydrogen-bond donors (Lipinski definition) is 1. The number of carbonyl (C=O) groups excluding carboxylic acids is 1. The van der Waals surface area contributed by atoms with Crippen molar-refractivity contribution in [3.8, 4) is 11.6 Å². The van der Waals surface area contributed by atoms with Crippen LogP contribution in [-0.2, 0) is 16.0 Å². The fourth-order valence-electron chi connectivity index (χ4n) is 2.76. The number of fused-ring (bicyclic) bond motifs is 2. The summed E-state index contributed by atoms with van der Waals surface area (Å²) < 4.78 is 16.3. The molecule has 2 heterocycles. The molecular formula is C17H19NO5. The third-order valence-corrected chi connectivity index (χ3v) is 4.01. The summed E-state index contributed by atoms with van der Waals surface area (Å²) in [5, 5.41) is 11.5. The molecule has 1 aliphatic rings. The molecule has 122 valence electrons. The molecule has 1 aromatic heterocycles. The van der Waals surface area contributed by atoms with E-state index in [1.165, 1.54) is 6.92 Å². The lowest BCUT2D eigenvalue weighted by Gasteiger charge is -2.28. The monoisotopic (exact) mass is 317 g/mol. The van der Waals surface area contributed by atoms with Gasteiger partial charge in [0.25, 0.3) is 0 Å². The summed E-state index contributed by atoms with van der Waals surface area (Å²) in [6.45, 7) is 2.75. The fourth-order valence-corrected chi connectivity index (χ4v) is 2.76. The van der Waals surface area contributed by atoms with Gasteiger partial charge < -0.3 is 19.3 Å². The van der Waals surface area contributed by atoms with Crippen molar-refractivity contribution < 1.29 is 24.1 Å². The van der Waals surface area contributed by atoms with Crippen LogP contribution < -0.4 is 9.47 Å². The maximum Gasteiger partial charge on any atom is 0.302 e. The minimum atomic E-state index is -1.32. The number of esters is 1. The lowest BCUT2D eigenvalue weighted by Crippen LogP contribution is -2.46. The van der Waals surface area contributed by atoms with Crippen LogP contribution >= 0.6 is 0 Å². The zero-order valence-electron chi connectivity index (χ0n) is 13.3. The number of methoxy groups -OCH3 is 1. The molecule has 6 heteroatoms. The predicted octanol–water partition coefficient (Wildman–Crippen LogP) is 1.86. The topological polar surface area (TPSA) is 77.9 Å². The van der Waals surface area contributed by atoms with Crippen molar-refractivity contribution in [2.45, 2.75) is 32.0 Å². The van der Waals surface area contributed by atoms with Crippen molar-refractivity contribution in [1.29, 1.82) is 0 Å². The number of hydrogen-bond acceptors (Lipinski definition) is 6. The third-order valence-electron chi connectivity index (χ3n) is 4.01. The number of pyridine rings is 1. The van der Waals surface area contributed by atoms with Gasteiger partial charge in [-0.2, -0.15) is 0 Å². The summed E-state index contributed by atoms with van der Waals surface area (Å²) in [4.78, 5) is 15.5. The second kappa shape index (κ2) is 5.70. The Balaban J connectivity index is 1.94. The number of para-hydroxylation sites is 1. The molecular weight excluding hydrogens is 298 g/mol. The average Bonchev–Trinajstić information content (AvgIpc) is 2.95. The summed E-state index contributed by atoms with van der Waals surface area (Å²) in [7, 11) is 1.60. The zero-order chi connectivity index (χ0) is 16.6. The van der Waals surface area contributed by atoms with Crippen molar-refractivity contribution >= 4 is 16.9 Å². The highest BCUT2D eigenvalue weighted by Gasteiger charge is 2.42. The van der Waals surface area contributed by atoms with Gasteiger partial charge >= 0.3 is 5.97 Å². The number of rotatable bonds is 4. The van der Waals surface area contributed by atoms with Crippen LogP contribution in [0.1, 0.15) is 19.4 Å². The Kier molecular flexibility index (Phi) is 3.85. The lowest BCUT2D eigenvalue weighted by molar-refractivity contribution is -0.153. The molecule has 0 aliphatic carbocycles. The largest absolute Gasteiger partial charge is 0.496 e. The fraction of sp³-hybridized carbons (Fsp3) is 0.412. The number of aliphatic hydroxyl groups is 1. The minimum Gasteiger partial charge on any atom is -0.496 e. The van der Waals surface area contributed by atoms with E-state index in [1.807, 2.05) is 24.3 Å². The molecule has 0 bridgehead atoms. The summed E-state index contributed by atoms with van der Waals surface area (Å²) >= 11 is 0. The smallest absolute Gasteiger partial charge is 0.302 e. The van der Waals surface area contributed by atoms with Crippen LogP contribution in [0.5, 0.6) is 11.6 Å². The van der Waals surface area contributed by atoms with Crippen LogP contribution in [-0.4, -0.2) is 41.5 Å². The molecule has 0 saturated heterocycles. The Hall–Kier alpha value is -2.34. The van der Waals surface area contributed by atoms with Crippen LogP contribution in [0.15, 0.2) is 24.3 Å². The van der Waals surface area contributed by atoms with Gasteiger partial charge in [0, 0.05) is 18.7 Å². The zero-order valence-corrected chi connectivity index (χ0v) is 13.3. The standard InChI is InChI=1S/C17H19NO5/c1-10(19)22-9-17(2,20)14-8-12-15(21-3)11-6-4-5-7-13(11)18-16(12)23-14/h4-7,14,20H,8-9H2,1-3H3/t14-,17-/m0/s1. The van der Waals surface area contributed by atoms with Crippen LogP contribution in [0, 0.1) is 0 Å². The predicted molar refractivity (Wildman–Crippen MR) is 83.7 cm³/mol. The van der Waals surface area contributed by atoms with E-state index in [4.69, 9.17) is 14.2 Å². The van der Waals surface area contributed by atoms with Crippen LogP contribution in [0.25, 0.3) is 10.9 Å². The number of nitrogens with zero attached hydrogens (tertiary/aromatic N) is 1. The summed E-state index contributed by atoms with van der Waals surface area (Å²) in [6.07, 6.45) is -0.125. The maximum atomic E-state index is 11.0. The molecule has 0 amide bonds. The van der Waals surface area contributed by atoms with Crippen molar-refractivity contribution in [2.75, 3.05) is 13.7 Å². The minimum absolute atomic E-state index is 0.136. The van der Waals surface area contributed by atoms with E-state index in [0.29, 0.717) is 18.1 Å². The SMILES string of the molecule is COc1c2c(nc3ccccc13)O[C@H]([C@@](C)(O)COC(C)=O)C2. The van der Waals surface area contributed by atoms with Gasteiger partial charge in [0.15, 0.2) is 0 Å². The molecule has 1 N–H and O–H groups in total. The van der Waals surface area contributed by atoms with Gasteiger partial charge in [-0.1, -0.05) is 12.1 Å². The first-order valence-corrected chi connectivity index (χ1v) is 7.40. The molecule has 3 rings (SSSR count). The van der Waals surface area contributed by atoms with Gasteiger partial charge in [-0.05, 0) is 19.1 Å². The van der Waals surface area contributed by atoms with Crippen molar-refractivity contribution in [1.82, 2.24) is 4.98 Å². The van der Waals surface area contributed by atoms with Gasteiger partial charge in [0.05, 0.1) is 18.2 Å². The highest BCUT2D eigenvalue weighted by atomic mass is 16.6. The van der Waals surface area contributed by atoms with Gasteiger partial charge in [-0.15, -0.1) is 0 Å². The molecule has 1 aromatic carbocycles. The Morgan fingerprint density at radius 1 is 1.48 bits per heavy atom. The molecule has 0 fully saturated rings. The number of ether oxygens (including phenoxy) is 3. The first-order chi connectivity index (χ1) is 10.9. The Labute approximate surface area is 134 Å². The van der Waals surface area contributed by atoms with E-state index < -0.39 is 17.7 Å². The maximum absolute atomic E-state index is 11.0. The van der Waals surface area contributed by atoms with Crippen molar-refractivity contribution in [3.05, 3.63) is 29.8 Å². The molecule has 23 heavy (non-hydrogen) atoms. The highest BCUT2D eigenvalue weighted by Crippen LogP contribution is 2.41. The Bertz CT molecular complexity index is 756. The number of benzene rings is 1. The van der Waals surface area contributed by atoms with E-state index in [9.17, 15) is 9.90 Å². The molecule has 6 nitrogen and oxygen atoms in total. The van der Waals surface area contributed by atoms with Gasteiger partial charge in [-0.3, -0.25) is 4.79 Å². The molecule has 1 aliphatic heterocycles.